The quantitative estimate of drug-likeness (QED) is 0.704. The Labute approximate surface area is 148 Å². The maximum atomic E-state index is 11.9. The first-order chi connectivity index (χ1) is 12.0. The summed E-state index contributed by atoms with van der Waals surface area (Å²) in [5, 5.41) is 12.1. The van der Waals surface area contributed by atoms with Gasteiger partial charge in [-0.25, -0.2) is 8.42 Å². The van der Waals surface area contributed by atoms with E-state index < -0.39 is 10.0 Å². The monoisotopic (exact) mass is 368 g/mol. The Morgan fingerprint density at radius 3 is 2.92 bits per heavy atom. The lowest BCUT2D eigenvalue weighted by Gasteiger charge is -2.21. The summed E-state index contributed by atoms with van der Waals surface area (Å²) in [6.07, 6.45) is 3.15. The minimum atomic E-state index is -3.21. The first-order valence-electron chi connectivity index (χ1n) is 8.65. The minimum absolute atomic E-state index is 0.0231. The van der Waals surface area contributed by atoms with Crippen molar-refractivity contribution in [3.63, 3.8) is 0 Å². The summed E-state index contributed by atoms with van der Waals surface area (Å²) >= 11 is 0. The van der Waals surface area contributed by atoms with E-state index in [1.165, 1.54) is 4.31 Å². The summed E-state index contributed by atoms with van der Waals surface area (Å²) in [7, 11) is -3.21. The number of aliphatic hydroxyl groups is 1. The number of ether oxygens (including phenoxy) is 1. The third kappa shape index (κ3) is 4.31. The molecule has 7 nitrogen and oxygen atoms in total. The molecule has 0 spiro atoms. The Hall–Kier alpha value is -1.64. The summed E-state index contributed by atoms with van der Waals surface area (Å²) in [6, 6.07) is 5.41. The van der Waals surface area contributed by atoms with Crippen molar-refractivity contribution in [3.8, 4) is 5.75 Å². The van der Waals surface area contributed by atoms with E-state index in [0.717, 1.165) is 17.7 Å². The fourth-order valence-corrected chi connectivity index (χ4v) is 5.12. The van der Waals surface area contributed by atoms with Gasteiger partial charge in [-0.3, -0.25) is 4.79 Å². The van der Waals surface area contributed by atoms with Crippen molar-refractivity contribution < 1.29 is 23.1 Å². The largest absolute Gasteiger partial charge is 0.494 e. The molecule has 2 heterocycles. The highest BCUT2D eigenvalue weighted by Gasteiger charge is 2.36. The molecule has 2 aliphatic heterocycles. The molecule has 0 aromatic heterocycles. The number of aryl methyl sites for hydroxylation is 1. The third-order valence-corrected chi connectivity index (χ3v) is 6.65. The zero-order chi connectivity index (χ0) is 17.9. The first-order valence-corrected chi connectivity index (χ1v) is 10.3. The van der Waals surface area contributed by atoms with Crippen LogP contribution in [0.15, 0.2) is 18.2 Å². The van der Waals surface area contributed by atoms with Gasteiger partial charge in [-0.1, -0.05) is 6.07 Å². The lowest BCUT2D eigenvalue weighted by molar-refractivity contribution is -0.116. The molecule has 1 aromatic carbocycles. The molecule has 3 rings (SSSR count). The molecule has 1 fully saturated rings. The topological polar surface area (TPSA) is 95.9 Å². The molecule has 0 radical (unpaired) electrons. The molecule has 0 bridgehead atoms. The van der Waals surface area contributed by atoms with Gasteiger partial charge in [0.2, 0.25) is 15.9 Å². The normalized spacial score (nSPS) is 22.4. The molecular formula is C17H24N2O5S. The average molecular weight is 368 g/mol. The fourth-order valence-electron chi connectivity index (χ4n) is 3.28. The number of benzene rings is 1. The maximum absolute atomic E-state index is 11.9. The molecule has 1 aromatic rings. The van der Waals surface area contributed by atoms with Crippen LogP contribution in [0.2, 0.25) is 0 Å². The number of carbonyl (C=O) groups excluding carboxylic acids is 1. The van der Waals surface area contributed by atoms with E-state index in [1.807, 2.05) is 18.2 Å². The molecule has 1 atom stereocenters. The van der Waals surface area contributed by atoms with Crippen molar-refractivity contribution in [1.29, 1.82) is 0 Å². The van der Waals surface area contributed by atoms with E-state index in [1.54, 1.807) is 0 Å². The second kappa shape index (κ2) is 7.72. The van der Waals surface area contributed by atoms with Crippen molar-refractivity contribution in [2.24, 2.45) is 0 Å². The molecule has 1 amide bonds. The standard InChI is InChI=1S/C17H24N2O5S/c20-12-14-7-10-25(22,23)19(14)8-1-2-9-24-15-5-3-13-4-6-17(21)18-16(13)11-15/h3,5,11,14,20H,1-2,4,6-10,12H2,(H,18,21). The molecule has 1 saturated heterocycles. The first kappa shape index (κ1) is 18.2. The van der Waals surface area contributed by atoms with Crippen LogP contribution in [0.25, 0.3) is 0 Å². The molecular weight excluding hydrogens is 344 g/mol. The predicted octanol–water partition coefficient (Wildman–Crippen LogP) is 1.13. The SMILES string of the molecule is O=C1CCc2ccc(OCCCCN3C(CO)CCS3(=O)=O)cc2N1. The van der Waals surface area contributed by atoms with Crippen molar-refractivity contribution in [1.82, 2.24) is 4.31 Å². The third-order valence-electron chi connectivity index (χ3n) is 4.70. The number of hydrogen-bond donors (Lipinski definition) is 2. The number of fused-ring (bicyclic) bond motifs is 1. The molecule has 25 heavy (non-hydrogen) atoms. The lowest BCUT2D eigenvalue weighted by atomic mass is 10.0. The van der Waals surface area contributed by atoms with Crippen LogP contribution in [-0.4, -0.2) is 55.3 Å². The van der Waals surface area contributed by atoms with Gasteiger partial charge >= 0.3 is 0 Å². The second-order valence-electron chi connectivity index (χ2n) is 6.47. The highest BCUT2D eigenvalue weighted by Crippen LogP contribution is 2.27. The Morgan fingerprint density at radius 1 is 1.28 bits per heavy atom. The van der Waals surface area contributed by atoms with Crippen LogP contribution in [0.1, 0.15) is 31.2 Å². The number of hydrogen-bond acceptors (Lipinski definition) is 5. The number of carbonyl (C=O) groups is 1. The molecule has 1 unspecified atom stereocenters. The van der Waals surface area contributed by atoms with Gasteiger partial charge in [0.05, 0.1) is 19.0 Å². The van der Waals surface area contributed by atoms with Gasteiger partial charge in [0.25, 0.3) is 0 Å². The van der Waals surface area contributed by atoms with Crippen LogP contribution < -0.4 is 10.1 Å². The highest BCUT2D eigenvalue weighted by atomic mass is 32.2. The molecule has 138 valence electrons. The van der Waals surface area contributed by atoms with Crippen LogP contribution in [0.4, 0.5) is 5.69 Å². The Bertz CT molecular complexity index is 735. The fraction of sp³-hybridized carbons (Fsp3) is 0.588. The van der Waals surface area contributed by atoms with Crippen molar-refractivity contribution in [3.05, 3.63) is 23.8 Å². The van der Waals surface area contributed by atoms with E-state index in [2.05, 4.69) is 5.32 Å². The Balaban J connectivity index is 1.44. The predicted molar refractivity (Wildman–Crippen MR) is 94.1 cm³/mol. The number of rotatable bonds is 7. The van der Waals surface area contributed by atoms with Gasteiger partial charge in [0.1, 0.15) is 5.75 Å². The molecule has 0 saturated carbocycles. The highest BCUT2D eigenvalue weighted by molar-refractivity contribution is 7.89. The number of aliphatic hydroxyl groups excluding tert-OH is 1. The summed E-state index contributed by atoms with van der Waals surface area (Å²) in [5.41, 5.74) is 1.92. The zero-order valence-corrected chi connectivity index (χ0v) is 14.9. The summed E-state index contributed by atoms with van der Waals surface area (Å²) in [4.78, 5) is 11.4. The summed E-state index contributed by atoms with van der Waals surface area (Å²) < 4.78 is 31.0. The van der Waals surface area contributed by atoms with Gasteiger partial charge in [-0.2, -0.15) is 4.31 Å². The van der Waals surface area contributed by atoms with Crippen LogP contribution in [-0.2, 0) is 21.2 Å². The van der Waals surface area contributed by atoms with Crippen LogP contribution in [0.3, 0.4) is 0 Å². The number of sulfonamides is 1. The van der Waals surface area contributed by atoms with Crippen molar-refractivity contribution >= 4 is 21.6 Å². The minimum Gasteiger partial charge on any atom is -0.494 e. The average Bonchev–Trinajstić information content (AvgIpc) is 2.88. The number of anilines is 1. The Kier molecular flexibility index (Phi) is 5.61. The zero-order valence-electron chi connectivity index (χ0n) is 14.1. The number of amides is 1. The van der Waals surface area contributed by atoms with Crippen LogP contribution in [0.5, 0.6) is 5.75 Å². The Morgan fingerprint density at radius 2 is 2.12 bits per heavy atom. The van der Waals surface area contributed by atoms with Gasteiger partial charge in [0.15, 0.2) is 0 Å². The van der Waals surface area contributed by atoms with Gasteiger partial charge in [-0.15, -0.1) is 0 Å². The van der Waals surface area contributed by atoms with Crippen LogP contribution in [0, 0.1) is 0 Å². The van der Waals surface area contributed by atoms with E-state index in [-0.39, 0.29) is 24.3 Å². The van der Waals surface area contributed by atoms with Crippen molar-refractivity contribution in [2.45, 2.75) is 38.1 Å². The van der Waals surface area contributed by atoms with Crippen LogP contribution >= 0.6 is 0 Å². The number of nitrogens with one attached hydrogen (secondary N) is 1. The van der Waals surface area contributed by atoms with E-state index >= 15 is 0 Å². The van der Waals surface area contributed by atoms with Gasteiger partial charge in [-0.05, 0) is 37.3 Å². The second-order valence-corrected chi connectivity index (χ2v) is 8.52. The van der Waals surface area contributed by atoms with Crippen molar-refractivity contribution in [2.75, 3.05) is 30.8 Å². The number of nitrogens with zero attached hydrogens (tertiary/aromatic N) is 1. The summed E-state index contributed by atoms with van der Waals surface area (Å²) in [6.45, 7) is 0.762. The number of unbranched alkanes of at least 4 members (excludes halogenated alkanes) is 1. The molecule has 2 aliphatic rings. The van der Waals surface area contributed by atoms with Gasteiger partial charge in [0, 0.05) is 30.8 Å². The maximum Gasteiger partial charge on any atom is 0.224 e. The van der Waals surface area contributed by atoms with E-state index in [9.17, 15) is 18.3 Å². The smallest absolute Gasteiger partial charge is 0.224 e. The summed E-state index contributed by atoms with van der Waals surface area (Å²) in [5.74, 6) is 0.841. The van der Waals surface area contributed by atoms with E-state index in [4.69, 9.17) is 4.74 Å². The molecule has 2 N–H and O–H groups in total. The molecule has 8 heteroatoms. The van der Waals surface area contributed by atoms with E-state index in [0.29, 0.717) is 44.6 Å². The lowest BCUT2D eigenvalue weighted by Crippen LogP contribution is -2.36. The van der Waals surface area contributed by atoms with Gasteiger partial charge < -0.3 is 15.2 Å². The molecule has 0 aliphatic carbocycles.